The van der Waals surface area contributed by atoms with Crippen molar-refractivity contribution < 1.29 is 19.0 Å². The van der Waals surface area contributed by atoms with Crippen molar-refractivity contribution in [2.45, 2.75) is 12.1 Å². The zero-order valence-corrected chi connectivity index (χ0v) is 17.8. The van der Waals surface area contributed by atoms with Gasteiger partial charge in [-0.1, -0.05) is 54.1 Å². The monoisotopic (exact) mass is 438 g/mol. The second kappa shape index (κ2) is 9.73. The number of benzene rings is 3. The van der Waals surface area contributed by atoms with Crippen molar-refractivity contribution in [2.24, 2.45) is 0 Å². The molecule has 2 unspecified atom stereocenters. The van der Waals surface area contributed by atoms with Crippen LogP contribution in [0.5, 0.6) is 17.2 Å². The Morgan fingerprint density at radius 3 is 2.58 bits per heavy atom. The van der Waals surface area contributed by atoms with Gasteiger partial charge in [0.25, 0.3) is 0 Å². The molecule has 160 valence electrons. The maximum absolute atomic E-state index is 13.1. The first-order chi connectivity index (χ1) is 15.1. The Labute approximate surface area is 186 Å². The minimum Gasteiger partial charge on any atom is -0.495 e. The normalized spacial score (nSPS) is 15.7. The van der Waals surface area contributed by atoms with Crippen molar-refractivity contribution in [1.29, 1.82) is 0 Å². The van der Waals surface area contributed by atoms with E-state index in [0.29, 0.717) is 35.4 Å². The van der Waals surface area contributed by atoms with Gasteiger partial charge in [-0.2, -0.15) is 0 Å². The van der Waals surface area contributed by atoms with Crippen LogP contribution in [0.2, 0.25) is 5.02 Å². The lowest BCUT2D eigenvalue weighted by Crippen LogP contribution is -2.42. The SMILES string of the molecule is COc1ccc(NC(=O)C(NCC2COc3ccccc3O2)c2ccccc2)cc1Cl. The number of amides is 1. The number of nitrogens with one attached hydrogen (secondary N) is 2. The molecule has 0 aliphatic carbocycles. The number of carbonyl (C=O) groups excluding carboxylic acids is 1. The Balaban J connectivity index is 1.46. The third kappa shape index (κ3) is 5.10. The highest BCUT2D eigenvalue weighted by Crippen LogP contribution is 2.31. The van der Waals surface area contributed by atoms with E-state index in [-0.39, 0.29) is 12.0 Å². The van der Waals surface area contributed by atoms with E-state index in [1.165, 1.54) is 0 Å². The van der Waals surface area contributed by atoms with Crippen molar-refractivity contribution in [3.8, 4) is 17.2 Å². The van der Waals surface area contributed by atoms with Crippen LogP contribution >= 0.6 is 11.6 Å². The van der Waals surface area contributed by atoms with Gasteiger partial charge in [0, 0.05) is 12.2 Å². The summed E-state index contributed by atoms with van der Waals surface area (Å²) in [7, 11) is 1.55. The smallest absolute Gasteiger partial charge is 0.246 e. The summed E-state index contributed by atoms with van der Waals surface area (Å²) in [4.78, 5) is 13.1. The summed E-state index contributed by atoms with van der Waals surface area (Å²) in [5.41, 5.74) is 1.43. The fraction of sp³-hybridized carbons (Fsp3) is 0.208. The lowest BCUT2D eigenvalue weighted by molar-refractivity contribution is -0.118. The van der Waals surface area contributed by atoms with Crippen LogP contribution in [0, 0.1) is 0 Å². The summed E-state index contributed by atoms with van der Waals surface area (Å²) in [6.45, 7) is 0.839. The predicted molar refractivity (Wildman–Crippen MR) is 120 cm³/mol. The van der Waals surface area contributed by atoms with E-state index in [9.17, 15) is 4.79 Å². The zero-order chi connectivity index (χ0) is 21.6. The minimum absolute atomic E-state index is 0.204. The van der Waals surface area contributed by atoms with Crippen LogP contribution in [-0.4, -0.2) is 32.3 Å². The average Bonchev–Trinajstić information content (AvgIpc) is 2.80. The topological polar surface area (TPSA) is 68.8 Å². The molecule has 6 nitrogen and oxygen atoms in total. The second-order valence-electron chi connectivity index (χ2n) is 7.09. The molecule has 4 rings (SSSR count). The van der Waals surface area contributed by atoms with Crippen LogP contribution in [0.4, 0.5) is 5.69 Å². The highest BCUT2D eigenvalue weighted by molar-refractivity contribution is 6.32. The second-order valence-corrected chi connectivity index (χ2v) is 7.50. The number of anilines is 1. The summed E-state index contributed by atoms with van der Waals surface area (Å²) in [5, 5.41) is 6.67. The summed E-state index contributed by atoms with van der Waals surface area (Å²) >= 11 is 6.19. The first kappa shape index (κ1) is 21.0. The summed E-state index contributed by atoms with van der Waals surface area (Å²) < 4.78 is 16.9. The fourth-order valence-electron chi connectivity index (χ4n) is 3.38. The van der Waals surface area contributed by atoms with Crippen molar-refractivity contribution in [1.82, 2.24) is 5.32 Å². The molecule has 31 heavy (non-hydrogen) atoms. The Hall–Kier alpha value is -3.22. The van der Waals surface area contributed by atoms with E-state index in [4.69, 9.17) is 25.8 Å². The molecule has 2 atom stereocenters. The number of para-hydroxylation sites is 2. The largest absolute Gasteiger partial charge is 0.495 e. The minimum atomic E-state index is -0.581. The van der Waals surface area contributed by atoms with Gasteiger partial charge < -0.3 is 19.5 Å². The van der Waals surface area contributed by atoms with Crippen molar-refractivity contribution in [2.75, 3.05) is 25.6 Å². The van der Waals surface area contributed by atoms with E-state index in [2.05, 4.69) is 10.6 Å². The fourth-order valence-corrected chi connectivity index (χ4v) is 3.64. The molecule has 2 N–H and O–H groups in total. The van der Waals surface area contributed by atoms with Crippen LogP contribution in [-0.2, 0) is 4.79 Å². The number of methoxy groups -OCH3 is 1. The number of rotatable bonds is 7. The quantitative estimate of drug-likeness (QED) is 0.570. The van der Waals surface area contributed by atoms with Crippen LogP contribution in [0.25, 0.3) is 0 Å². The van der Waals surface area contributed by atoms with Gasteiger partial charge in [-0.3, -0.25) is 10.1 Å². The molecule has 1 amide bonds. The lowest BCUT2D eigenvalue weighted by Gasteiger charge is -2.28. The van der Waals surface area contributed by atoms with Gasteiger partial charge in [0.05, 0.1) is 12.1 Å². The van der Waals surface area contributed by atoms with Crippen LogP contribution in [0.15, 0.2) is 72.8 Å². The van der Waals surface area contributed by atoms with Gasteiger partial charge >= 0.3 is 0 Å². The van der Waals surface area contributed by atoms with Crippen molar-refractivity contribution >= 4 is 23.2 Å². The number of hydrogen-bond acceptors (Lipinski definition) is 5. The molecule has 3 aromatic rings. The zero-order valence-electron chi connectivity index (χ0n) is 17.0. The van der Waals surface area contributed by atoms with Gasteiger partial charge in [0.15, 0.2) is 11.5 Å². The first-order valence-electron chi connectivity index (χ1n) is 9.95. The molecule has 0 saturated heterocycles. The van der Waals surface area contributed by atoms with Crippen LogP contribution in [0.3, 0.4) is 0 Å². The Bertz CT molecular complexity index is 1040. The van der Waals surface area contributed by atoms with Crippen molar-refractivity contribution in [3.05, 3.63) is 83.4 Å². The van der Waals surface area contributed by atoms with Crippen molar-refractivity contribution in [3.63, 3.8) is 0 Å². The standard InChI is InChI=1S/C24H23ClN2O4/c1-29-20-12-11-17(13-19(20)25)27-24(28)23(16-7-3-2-4-8-16)26-14-18-15-30-21-9-5-6-10-22(21)31-18/h2-13,18,23,26H,14-15H2,1H3,(H,27,28). The number of ether oxygens (including phenoxy) is 3. The van der Waals surface area contributed by atoms with Crippen LogP contribution < -0.4 is 24.8 Å². The van der Waals surface area contributed by atoms with E-state index in [1.54, 1.807) is 25.3 Å². The summed E-state index contributed by atoms with van der Waals surface area (Å²) in [5.74, 6) is 1.78. The van der Waals surface area contributed by atoms with Gasteiger partial charge in [0.1, 0.15) is 24.5 Å². The maximum atomic E-state index is 13.1. The summed E-state index contributed by atoms with van der Waals surface area (Å²) in [6, 6.07) is 21.6. The summed E-state index contributed by atoms with van der Waals surface area (Å²) in [6.07, 6.45) is -0.218. The Morgan fingerprint density at radius 1 is 1.10 bits per heavy atom. The van der Waals surface area contributed by atoms with Gasteiger partial charge in [-0.05, 0) is 35.9 Å². The molecule has 3 aromatic carbocycles. The molecule has 0 bridgehead atoms. The molecule has 0 spiro atoms. The molecule has 0 saturated carbocycles. The average molecular weight is 439 g/mol. The van der Waals surface area contributed by atoms with Gasteiger partial charge in [-0.25, -0.2) is 0 Å². The maximum Gasteiger partial charge on any atom is 0.246 e. The van der Waals surface area contributed by atoms with Gasteiger partial charge in [-0.15, -0.1) is 0 Å². The molecule has 1 aliphatic heterocycles. The molecule has 0 fully saturated rings. The number of fused-ring (bicyclic) bond motifs is 1. The molecular formula is C24H23ClN2O4. The lowest BCUT2D eigenvalue weighted by atomic mass is 10.1. The highest BCUT2D eigenvalue weighted by Gasteiger charge is 2.25. The Kier molecular flexibility index (Phi) is 6.60. The molecule has 1 aliphatic rings. The van der Waals surface area contributed by atoms with E-state index < -0.39 is 6.04 Å². The number of hydrogen-bond donors (Lipinski definition) is 2. The highest BCUT2D eigenvalue weighted by atomic mass is 35.5. The van der Waals surface area contributed by atoms with E-state index >= 15 is 0 Å². The Morgan fingerprint density at radius 2 is 1.84 bits per heavy atom. The molecular weight excluding hydrogens is 416 g/mol. The third-order valence-electron chi connectivity index (χ3n) is 4.93. The molecule has 1 heterocycles. The first-order valence-corrected chi connectivity index (χ1v) is 10.3. The molecule has 7 heteroatoms. The predicted octanol–water partition coefficient (Wildman–Crippen LogP) is 4.46. The van der Waals surface area contributed by atoms with E-state index in [1.807, 2.05) is 54.6 Å². The van der Waals surface area contributed by atoms with Gasteiger partial charge in [0.2, 0.25) is 5.91 Å². The molecule has 0 aromatic heterocycles. The molecule has 0 radical (unpaired) electrons. The number of halogens is 1. The number of carbonyl (C=O) groups is 1. The van der Waals surface area contributed by atoms with Crippen LogP contribution in [0.1, 0.15) is 11.6 Å². The van der Waals surface area contributed by atoms with E-state index in [0.717, 1.165) is 11.3 Å². The third-order valence-corrected chi connectivity index (χ3v) is 5.23.